The zero-order chi connectivity index (χ0) is 17.1. The van der Waals surface area contributed by atoms with Crippen LogP contribution in [0.25, 0.3) is 5.69 Å². The van der Waals surface area contributed by atoms with Crippen molar-refractivity contribution in [2.24, 2.45) is 0 Å². The lowest BCUT2D eigenvalue weighted by Gasteiger charge is -2.15. The molecule has 0 fully saturated rings. The monoisotopic (exact) mass is 360 g/mol. The number of aromatic nitrogens is 3. The van der Waals surface area contributed by atoms with Gasteiger partial charge in [0.25, 0.3) is 5.91 Å². The second-order valence-electron chi connectivity index (χ2n) is 5.28. The standard InChI is InChI=1S/C17H14Cl2N4O/c1-11(22-17(24)13-6-14(18)8-15(19)7-13)12-2-4-16(5-3-12)23-10-20-9-21-23/h2-11H,1H3,(H,22,24). The second kappa shape index (κ2) is 7.03. The molecule has 1 aromatic heterocycles. The average Bonchev–Trinajstić information content (AvgIpc) is 3.08. The fourth-order valence-corrected chi connectivity index (χ4v) is 2.83. The van der Waals surface area contributed by atoms with Gasteiger partial charge in [0.05, 0.1) is 11.7 Å². The number of halogens is 2. The molecule has 1 unspecified atom stereocenters. The molecule has 122 valence electrons. The van der Waals surface area contributed by atoms with Gasteiger partial charge in [0.1, 0.15) is 12.7 Å². The number of amides is 1. The lowest BCUT2D eigenvalue weighted by molar-refractivity contribution is 0.0940. The summed E-state index contributed by atoms with van der Waals surface area (Å²) < 4.78 is 1.67. The van der Waals surface area contributed by atoms with Gasteiger partial charge in [0.2, 0.25) is 0 Å². The summed E-state index contributed by atoms with van der Waals surface area (Å²) in [7, 11) is 0. The number of benzene rings is 2. The molecule has 0 saturated heterocycles. The van der Waals surface area contributed by atoms with Crippen LogP contribution in [-0.4, -0.2) is 20.7 Å². The minimum atomic E-state index is -0.229. The number of hydrogen-bond donors (Lipinski definition) is 1. The van der Waals surface area contributed by atoms with Gasteiger partial charge in [-0.25, -0.2) is 9.67 Å². The minimum Gasteiger partial charge on any atom is -0.346 e. The Hall–Kier alpha value is -2.37. The van der Waals surface area contributed by atoms with Gasteiger partial charge in [0, 0.05) is 15.6 Å². The molecule has 3 aromatic rings. The van der Waals surface area contributed by atoms with E-state index in [1.54, 1.807) is 29.2 Å². The molecule has 24 heavy (non-hydrogen) atoms. The second-order valence-corrected chi connectivity index (χ2v) is 6.16. The Balaban J connectivity index is 1.72. The summed E-state index contributed by atoms with van der Waals surface area (Å²) in [4.78, 5) is 16.3. The first-order chi connectivity index (χ1) is 11.5. The average molecular weight is 361 g/mol. The van der Waals surface area contributed by atoms with Crippen LogP contribution in [-0.2, 0) is 0 Å². The van der Waals surface area contributed by atoms with Crippen LogP contribution in [0.4, 0.5) is 0 Å². The molecule has 1 atom stereocenters. The zero-order valence-electron chi connectivity index (χ0n) is 12.8. The third kappa shape index (κ3) is 3.75. The van der Waals surface area contributed by atoms with Crippen molar-refractivity contribution in [3.8, 4) is 5.69 Å². The van der Waals surface area contributed by atoms with Crippen molar-refractivity contribution >= 4 is 29.1 Å². The van der Waals surface area contributed by atoms with Gasteiger partial charge >= 0.3 is 0 Å². The van der Waals surface area contributed by atoms with E-state index in [9.17, 15) is 4.79 Å². The summed E-state index contributed by atoms with van der Waals surface area (Å²) in [6, 6.07) is 12.3. The first kappa shape index (κ1) is 16.5. The highest BCUT2D eigenvalue weighted by atomic mass is 35.5. The van der Waals surface area contributed by atoms with Crippen LogP contribution in [0.15, 0.2) is 55.1 Å². The van der Waals surface area contributed by atoms with E-state index in [2.05, 4.69) is 15.4 Å². The Labute approximate surface area is 149 Å². The van der Waals surface area contributed by atoms with E-state index >= 15 is 0 Å². The van der Waals surface area contributed by atoms with E-state index in [1.165, 1.54) is 6.33 Å². The lowest BCUT2D eigenvalue weighted by Crippen LogP contribution is -2.26. The summed E-state index contributed by atoms with van der Waals surface area (Å²) >= 11 is 11.9. The SMILES string of the molecule is CC(NC(=O)c1cc(Cl)cc(Cl)c1)c1ccc(-n2cncn2)cc1. The van der Waals surface area contributed by atoms with Gasteiger partial charge in [-0.15, -0.1) is 0 Å². The molecule has 0 aliphatic rings. The van der Waals surface area contributed by atoms with E-state index in [-0.39, 0.29) is 11.9 Å². The molecule has 0 saturated carbocycles. The topological polar surface area (TPSA) is 59.8 Å². The predicted molar refractivity (Wildman–Crippen MR) is 93.7 cm³/mol. The lowest BCUT2D eigenvalue weighted by atomic mass is 10.1. The van der Waals surface area contributed by atoms with Crippen LogP contribution >= 0.6 is 23.2 Å². The number of carbonyl (C=O) groups is 1. The number of nitrogens with one attached hydrogen (secondary N) is 1. The van der Waals surface area contributed by atoms with E-state index in [0.717, 1.165) is 11.3 Å². The molecule has 1 heterocycles. The maximum atomic E-state index is 12.3. The van der Waals surface area contributed by atoms with Crippen LogP contribution < -0.4 is 5.32 Å². The van der Waals surface area contributed by atoms with Crippen molar-refractivity contribution in [3.63, 3.8) is 0 Å². The Morgan fingerprint density at radius 1 is 1.12 bits per heavy atom. The van der Waals surface area contributed by atoms with Crippen LogP contribution in [0, 0.1) is 0 Å². The van der Waals surface area contributed by atoms with Gasteiger partial charge in [-0.2, -0.15) is 5.10 Å². The third-order valence-electron chi connectivity index (χ3n) is 3.55. The fourth-order valence-electron chi connectivity index (χ4n) is 2.31. The zero-order valence-corrected chi connectivity index (χ0v) is 14.3. The van der Waals surface area contributed by atoms with Crippen molar-refractivity contribution in [3.05, 3.63) is 76.3 Å². The van der Waals surface area contributed by atoms with Crippen LogP contribution in [0.3, 0.4) is 0 Å². The number of hydrogen-bond acceptors (Lipinski definition) is 3. The maximum Gasteiger partial charge on any atom is 0.251 e. The molecule has 0 aliphatic heterocycles. The number of rotatable bonds is 4. The molecule has 1 N–H and O–H groups in total. The summed E-state index contributed by atoms with van der Waals surface area (Å²) in [6.45, 7) is 1.91. The van der Waals surface area contributed by atoms with Gasteiger partial charge in [-0.05, 0) is 42.8 Å². The summed E-state index contributed by atoms with van der Waals surface area (Å²) in [6.07, 6.45) is 3.11. The first-order valence-electron chi connectivity index (χ1n) is 7.25. The van der Waals surface area contributed by atoms with E-state index in [4.69, 9.17) is 23.2 Å². The van der Waals surface area contributed by atoms with Crippen LogP contribution in [0.2, 0.25) is 10.0 Å². The molecule has 5 nitrogen and oxygen atoms in total. The first-order valence-corrected chi connectivity index (χ1v) is 8.00. The quantitative estimate of drug-likeness (QED) is 0.762. The van der Waals surface area contributed by atoms with Crippen LogP contribution in [0.5, 0.6) is 0 Å². The highest BCUT2D eigenvalue weighted by molar-refractivity contribution is 6.35. The van der Waals surface area contributed by atoms with Gasteiger partial charge in [-0.3, -0.25) is 4.79 Å². The predicted octanol–water partition coefficient (Wildman–Crippen LogP) is 4.07. The third-order valence-corrected chi connectivity index (χ3v) is 3.99. The van der Waals surface area contributed by atoms with Crippen molar-refractivity contribution in [2.75, 3.05) is 0 Å². The molecular formula is C17H14Cl2N4O. The van der Waals surface area contributed by atoms with Gasteiger partial charge < -0.3 is 5.32 Å². The Morgan fingerprint density at radius 3 is 2.38 bits per heavy atom. The summed E-state index contributed by atoms with van der Waals surface area (Å²) in [5.41, 5.74) is 2.30. The maximum absolute atomic E-state index is 12.3. The Morgan fingerprint density at radius 2 is 1.79 bits per heavy atom. The molecular weight excluding hydrogens is 347 g/mol. The molecule has 0 bridgehead atoms. The van der Waals surface area contributed by atoms with Crippen molar-refractivity contribution in [2.45, 2.75) is 13.0 Å². The summed E-state index contributed by atoms with van der Waals surface area (Å²) in [5, 5.41) is 7.86. The van der Waals surface area contributed by atoms with E-state index in [1.807, 2.05) is 31.2 Å². The number of carbonyl (C=O) groups excluding carboxylic acids is 1. The molecule has 7 heteroatoms. The van der Waals surface area contributed by atoms with Gasteiger partial charge in [0.15, 0.2) is 0 Å². The number of nitrogens with zero attached hydrogens (tertiary/aromatic N) is 3. The molecule has 2 aromatic carbocycles. The molecule has 3 rings (SSSR count). The molecule has 0 aliphatic carbocycles. The van der Waals surface area contributed by atoms with Crippen molar-refractivity contribution in [1.29, 1.82) is 0 Å². The smallest absolute Gasteiger partial charge is 0.251 e. The minimum absolute atomic E-state index is 0.167. The fraction of sp³-hybridized carbons (Fsp3) is 0.118. The largest absolute Gasteiger partial charge is 0.346 e. The normalized spacial score (nSPS) is 12.0. The highest BCUT2D eigenvalue weighted by Gasteiger charge is 2.13. The highest BCUT2D eigenvalue weighted by Crippen LogP contribution is 2.20. The van der Waals surface area contributed by atoms with E-state index < -0.39 is 0 Å². The van der Waals surface area contributed by atoms with Gasteiger partial charge in [-0.1, -0.05) is 35.3 Å². The molecule has 1 amide bonds. The summed E-state index contributed by atoms with van der Waals surface area (Å²) in [5.74, 6) is -0.229. The van der Waals surface area contributed by atoms with Crippen molar-refractivity contribution in [1.82, 2.24) is 20.1 Å². The van der Waals surface area contributed by atoms with Crippen LogP contribution in [0.1, 0.15) is 28.9 Å². The van der Waals surface area contributed by atoms with E-state index in [0.29, 0.717) is 15.6 Å². The van der Waals surface area contributed by atoms with Crippen molar-refractivity contribution < 1.29 is 4.79 Å². The molecule has 0 spiro atoms. The Bertz CT molecular complexity index is 827. The molecule has 0 radical (unpaired) electrons. The Kier molecular flexibility index (Phi) is 4.83.